The first-order valence-corrected chi connectivity index (χ1v) is 6.56. The Kier molecular flexibility index (Phi) is 3.25. The number of aryl methyl sites for hydroxylation is 1. The molecule has 0 unspecified atom stereocenters. The Morgan fingerprint density at radius 3 is 2.75 bits per heavy atom. The smallest absolute Gasteiger partial charge is 0.129 e. The van der Waals surface area contributed by atoms with Crippen LogP contribution in [0.1, 0.15) is 11.1 Å². The molecule has 2 N–H and O–H groups in total. The minimum Gasteiger partial charge on any atom is -0.488 e. The predicted molar refractivity (Wildman–Crippen MR) is 81.7 cm³/mol. The third-order valence-corrected chi connectivity index (χ3v) is 3.41. The van der Waals surface area contributed by atoms with Crippen LogP contribution in [0.25, 0.3) is 10.9 Å². The van der Waals surface area contributed by atoms with Crippen molar-refractivity contribution in [3.63, 3.8) is 0 Å². The van der Waals surface area contributed by atoms with E-state index in [0.717, 1.165) is 16.7 Å². The molecule has 100 valence electrons. The number of nitrogens with two attached hydrogens (primary N) is 1. The van der Waals surface area contributed by atoms with Gasteiger partial charge >= 0.3 is 0 Å². The van der Waals surface area contributed by atoms with E-state index in [4.69, 9.17) is 10.5 Å². The molecule has 3 heteroatoms. The van der Waals surface area contributed by atoms with Crippen molar-refractivity contribution in [2.75, 3.05) is 5.73 Å². The summed E-state index contributed by atoms with van der Waals surface area (Å²) in [5, 5.41) is 0.945. The summed E-state index contributed by atoms with van der Waals surface area (Å²) in [6, 6.07) is 15.8. The van der Waals surface area contributed by atoms with E-state index in [0.29, 0.717) is 12.3 Å². The van der Waals surface area contributed by atoms with Gasteiger partial charge in [-0.25, -0.2) is 0 Å². The van der Waals surface area contributed by atoms with E-state index in [1.807, 2.05) is 36.4 Å². The second-order valence-corrected chi connectivity index (χ2v) is 4.77. The van der Waals surface area contributed by atoms with E-state index in [-0.39, 0.29) is 0 Å². The van der Waals surface area contributed by atoms with Gasteiger partial charge in [0.15, 0.2) is 0 Å². The van der Waals surface area contributed by atoms with Gasteiger partial charge in [-0.1, -0.05) is 24.3 Å². The molecule has 1 heterocycles. The Morgan fingerprint density at radius 2 is 1.90 bits per heavy atom. The number of benzene rings is 2. The van der Waals surface area contributed by atoms with Gasteiger partial charge in [-0.2, -0.15) is 0 Å². The molecular formula is C17H16N2O. The van der Waals surface area contributed by atoms with Crippen LogP contribution in [-0.4, -0.2) is 4.98 Å². The fourth-order valence-electron chi connectivity index (χ4n) is 2.22. The van der Waals surface area contributed by atoms with Crippen LogP contribution in [0.5, 0.6) is 5.75 Å². The zero-order chi connectivity index (χ0) is 13.9. The van der Waals surface area contributed by atoms with Gasteiger partial charge in [-0.15, -0.1) is 0 Å². The molecular weight excluding hydrogens is 248 g/mol. The predicted octanol–water partition coefficient (Wildman–Crippen LogP) is 3.70. The van der Waals surface area contributed by atoms with Crippen molar-refractivity contribution in [1.82, 2.24) is 4.98 Å². The Morgan fingerprint density at radius 1 is 1.05 bits per heavy atom. The summed E-state index contributed by atoms with van der Waals surface area (Å²) in [6.45, 7) is 2.63. The molecule has 0 aliphatic carbocycles. The molecule has 3 rings (SSSR count). The van der Waals surface area contributed by atoms with Crippen molar-refractivity contribution >= 4 is 16.6 Å². The monoisotopic (exact) mass is 264 g/mol. The number of hydrogen-bond donors (Lipinski definition) is 1. The molecule has 0 aliphatic heterocycles. The summed E-state index contributed by atoms with van der Waals surface area (Å²) in [5.74, 6) is 0.811. The maximum atomic E-state index is 5.95. The number of aromatic nitrogens is 1. The highest BCUT2D eigenvalue weighted by molar-refractivity contribution is 5.93. The molecule has 0 radical (unpaired) electrons. The van der Waals surface area contributed by atoms with Crippen LogP contribution in [0.4, 0.5) is 5.69 Å². The highest BCUT2D eigenvalue weighted by Gasteiger charge is 2.06. The second-order valence-electron chi connectivity index (χ2n) is 4.77. The number of ether oxygens (including phenoxy) is 1. The average Bonchev–Trinajstić information content (AvgIpc) is 2.48. The summed E-state index contributed by atoms with van der Waals surface area (Å²) in [4.78, 5) is 4.31. The Bertz CT molecular complexity index is 753. The number of anilines is 1. The minimum absolute atomic E-state index is 0.542. The fraction of sp³-hybridized carbons (Fsp3) is 0.118. The van der Waals surface area contributed by atoms with Crippen molar-refractivity contribution in [2.24, 2.45) is 0 Å². The third-order valence-electron chi connectivity index (χ3n) is 3.41. The average molecular weight is 264 g/mol. The standard InChI is InChI=1S/C17H16N2O/c1-12-5-2-3-6-13(12)11-20-16-9-8-15(18)17-14(16)7-4-10-19-17/h2-10H,11,18H2,1H3. The van der Waals surface area contributed by atoms with Crippen molar-refractivity contribution in [1.29, 1.82) is 0 Å². The zero-order valence-corrected chi connectivity index (χ0v) is 11.3. The van der Waals surface area contributed by atoms with Gasteiger partial charge in [-0.05, 0) is 42.3 Å². The largest absolute Gasteiger partial charge is 0.488 e. The van der Waals surface area contributed by atoms with Crippen molar-refractivity contribution in [3.05, 3.63) is 65.9 Å². The fourth-order valence-corrected chi connectivity index (χ4v) is 2.22. The van der Waals surface area contributed by atoms with Crippen LogP contribution >= 0.6 is 0 Å². The molecule has 3 aromatic rings. The van der Waals surface area contributed by atoms with Gasteiger partial charge < -0.3 is 10.5 Å². The molecule has 0 saturated heterocycles. The van der Waals surface area contributed by atoms with Crippen LogP contribution in [0.3, 0.4) is 0 Å². The quantitative estimate of drug-likeness (QED) is 0.734. The van der Waals surface area contributed by atoms with Gasteiger partial charge in [0.1, 0.15) is 12.4 Å². The van der Waals surface area contributed by atoms with E-state index < -0.39 is 0 Å². The maximum absolute atomic E-state index is 5.95. The lowest BCUT2D eigenvalue weighted by molar-refractivity contribution is 0.309. The van der Waals surface area contributed by atoms with E-state index in [9.17, 15) is 0 Å². The first kappa shape index (κ1) is 12.5. The van der Waals surface area contributed by atoms with E-state index in [1.165, 1.54) is 11.1 Å². The van der Waals surface area contributed by atoms with Gasteiger partial charge in [0, 0.05) is 11.6 Å². The number of hydrogen-bond acceptors (Lipinski definition) is 3. The molecule has 2 aromatic carbocycles. The maximum Gasteiger partial charge on any atom is 0.129 e. The van der Waals surface area contributed by atoms with Crippen LogP contribution < -0.4 is 10.5 Å². The topological polar surface area (TPSA) is 48.1 Å². The molecule has 0 amide bonds. The number of nitrogen functional groups attached to an aromatic ring is 1. The van der Waals surface area contributed by atoms with Gasteiger partial charge in [0.25, 0.3) is 0 Å². The molecule has 1 aromatic heterocycles. The molecule has 0 spiro atoms. The van der Waals surface area contributed by atoms with Gasteiger partial charge in [0.2, 0.25) is 0 Å². The van der Waals surface area contributed by atoms with Crippen molar-refractivity contribution in [2.45, 2.75) is 13.5 Å². The van der Waals surface area contributed by atoms with Crippen LogP contribution in [0, 0.1) is 6.92 Å². The molecule has 0 bridgehead atoms. The minimum atomic E-state index is 0.542. The molecule has 0 fully saturated rings. The lowest BCUT2D eigenvalue weighted by atomic mass is 10.1. The number of nitrogens with zero attached hydrogens (tertiary/aromatic N) is 1. The Hall–Kier alpha value is -2.55. The SMILES string of the molecule is Cc1ccccc1COc1ccc(N)c2ncccc12. The lowest BCUT2D eigenvalue weighted by Crippen LogP contribution is -1.99. The summed E-state index contributed by atoms with van der Waals surface area (Å²) in [5.41, 5.74) is 9.80. The Balaban J connectivity index is 1.92. The summed E-state index contributed by atoms with van der Waals surface area (Å²) < 4.78 is 5.95. The number of rotatable bonds is 3. The first-order chi connectivity index (χ1) is 9.75. The first-order valence-electron chi connectivity index (χ1n) is 6.56. The second kappa shape index (κ2) is 5.21. The normalized spacial score (nSPS) is 10.7. The molecule has 0 atom stereocenters. The van der Waals surface area contributed by atoms with Crippen molar-refractivity contribution < 1.29 is 4.74 Å². The lowest BCUT2D eigenvalue weighted by Gasteiger charge is -2.11. The molecule has 20 heavy (non-hydrogen) atoms. The van der Waals surface area contributed by atoms with E-state index >= 15 is 0 Å². The summed E-state index contributed by atoms with van der Waals surface area (Å²) in [6.07, 6.45) is 1.74. The zero-order valence-electron chi connectivity index (χ0n) is 11.3. The molecule has 0 aliphatic rings. The van der Waals surface area contributed by atoms with E-state index in [2.05, 4.69) is 24.0 Å². The Labute approximate surface area is 118 Å². The van der Waals surface area contributed by atoms with Gasteiger partial charge in [-0.3, -0.25) is 4.98 Å². The van der Waals surface area contributed by atoms with Crippen molar-refractivity contribution in [3.8, 4) is 5.75 Å². The molecule has 0 saturated carbocycles. The van der Waals surface area contributed by atoms with Crippen LogP contribution in [-0.2, 0) is 6.61 Å². The number of fused-ring (bicyclic) bond motifs is 1. The van der Waals surface area contributed by atoms with E-state index in [1.54, 1.807) is 6.20 Å². The summed E-state index contributed by atoms with van der Waals surface area (Å²) >= 11 is 0. The number of pyridine rings is 1. The highest BCUT2D eigenvalue weighted by atomic mass is 16.5. The van der Waals surface area contributed by atoms with Crippen LogP contribution in [0.15, 0.2) is 54.7 Å². The third kappa shape index (κ3) is 2.30. The van der Waals surface area contributed by atoms with Crippen LogP contribution in [0.2, 0.25) is 0 Å². The van der Waals surface area contributed by atoms with Gasteiger partial charge in [0.05, 0.1) is 11.2 Å². The highest BCUT2D eigenvalue weighted by Crippen LogP contribution is 2.29. The molecule has 3 nitrogen and oxygen atoms in total. The summed E-state index contributed by atoms with van der Waals surface area (Å²) in [7, 11) is 0.